The van der Waals surface area contributed by atoms with Crippen LogP contribution in [0.15, 0.2) is 72.9 Å². The lowest BCUT2D eigenvalue weighted by Crippen LogP contribution is -2.59. The molecule has 340 valence electrons. The molecule has 63 heavy (non-hydrogen) atoms. The molecule has 4 atom stereocenters. The Morgan fingerprint density at radius 1 is 0.714 bits per heavy atom. The number of fused-ring (bicyclic) bond motifs is 2. The second-order valence-corrected chi connectivity index (χ2v) is 18.3. The third-order valence-corrected chi connectivity index (χ3v) is 9.48. The minimum Gasteiger partial charge on any atom is -0.480 e. The summed E-state index contributed by atoms with van der Waals surface area (Å²) in [5.74, 6) is -3.83. The van der Waals surface area contributed by atoms with Crippen molar-refractivity contribution in [1.29, 1.82) is 0 Å². The van der Waals surface area contributed by atoms with E-state index < -0.39 is 89.5 Å². The third-order valence-electron chi connectivity index (χ3n) is 9.48. The van der Waals surface area contributed by atoms with Crippen LogP contribution in [0.2, 0.25) is 0 Å². The van der Waals surface area contributed by atoms with Crippen LogP contribution in [0.1, 0.15) is 80.4 Å². The van der Waals surface area contributed by atoms with E-state index in [1.165, 1.54) is 24.7 Å². The predicted molar refractivity (Wildman–Crippen MR) is 236 cm³/mol. The highest BCUT2D eigenvalue weighted by atomic mass is 16.6. The van der Waals surface area contributed by atoms with Crippen LogP contribution in [0.5, 0.6) is 0 Å². The fraction of sp³-hybridized carbons (Fsp3) is 0.457. The zero-order valence-corrected chi connectivity index (χ0v) is 37.8. The van der Waals surface area contributed by atoms with E-state index in [1.807, 2.05) is 42.5 Å². The Bertz CT molecular complexity index is 2340. The molecule has 0 aliphatic rings. The molecule has 5 amide bonds. The summed E-state index contributed by atoms with van der Waals surface area (Å²) in [6.45, 7) is 15.9. The van der Waals surface area contributed by atoms with Crippen molar-refractivity contribution in [2.24, 2.45) is 0 Å². The summed E-state index contributed by atoms with van der Waals surface area (Å²) >= 11 is 0. The van der Waals surface area contributed by atoms with E-state index in [1.54, 1.807) is 86.6 Å². The molecule has 0 aliphatic heterocycles. The number of para-hydroxylation sites is 1. The van der Waals surface area contributed by atoms with Crippen molar-refractivity contribution in [2.45, 2.75) is 123 Å². The van der Waals surface area contributed by atoms with Gasteiger partial charge in [-0.1, -0.05) is 60.7 Å². The zero-order valence-electron chi connectivity index (χ0n) is 37.8. The number of carbonyl (C=O) groups is 7. The van der Waals surface area contributed by atoms with E-state index in [-0.39, 0.29) is 12.8 Å². The van der Waals surface area contributed by atoms with Gasteiger partial charge in [0.25, 0.3) is 0 Å². The van der Waals surface area contributed by atoms with E-state index in [9.17, 15) is 38.7 Å². The largest absolute Gasteiger partial charge is 0.480 e. The summed E-state index contributed by atoms with van der Waals surface area (Å²) in [5.41, 5.74) is -0.838. The molecule has 17 heteroatoms. The number of ether oxygens (including phenoxy) is 3. The van der Waals surface area contributed by atoms with Gasteiger partial charge in [-0.25, -0.2) is 24.0 Å². The lowest BCUT2D eigenvalue weighted by atomic mass is 10.00. The van der Waals surface area contributed by atoms with Gasteiger partial charge in [0.2, 0.25) is 11.8 Å². The molecule has 1 aromatic heterocycles. The molecule has 1 unspecified atom stereocenters. The van der Waals surface area contributed by atoms with Crippen LogP contribution < -0.4 is 21.3 Å². The molecule has 0 aliphatic carbocycles. The molecule has 17 nitrogen and oxygen atoms in total. The lowest BCUT2D eigenvalue weighted by Gasteiger charge is -2.33. The van der Waals surface area contributed by atoms with Crippen LogP contribution in [0, 0.1) is 0 Å². The predicted octanol–water partition coefficient (Wildman–Crippen LogP) is 5.68. The highest BCUT2D eigenvalue weighted by Gasteiger charge is 2.36. The van der Waals surface area contributed by atoms with Gasteiger partial charge in [-0.3, -0.25) is 14.2 Å². The molecule has 0 saturated carbocycles. The number of hydrogen-bond donors (Lipinski definition) is 5. The maximum Gasteiger partial charge on any atom is 0.419 e. The minimum absolute atomic E-state index is 0.0409. The summed E-state index contributed by atoms with van der Waals surface area (Å²) in [4.78, 5) is 93.7. The maximum atomic E-state index is 14.0. The van der Waals surface area contributed by atoms with Crippen molar-refractivity contribution < 1.29 is 52.9 Å². The summed E-state index contributed by atoms with van der Waals surface area (Å²) in [6.07, 6.45) is -0.0414. The number of aliphatic carboxylic acids is 1. The molecule has 0 fully saturated rings. The molecule has 3 aromatic carbocycles. The fourth-order valence-corrected chi connectivity index (χ4v) is 6.57. The normalized spacial score (nSPS) is 13.8. The zero-order chi connectivity index (χ0) is 47.0. The van der Waals surface area contributed by atoms with Crippen molar-refractivity contribution in [3.8, 4) is 0 Å². The van der Waals surface area contributed by atoms with Gasteiger partial charge in [0.15, 0.2) is 0 Å². The Labute approximate surface area is 367 Å². The smallest absolute Gasteiger partial charge is 0.419 e. The number of carbonyl (C=O) groups excluding carboxylic acids is 6. The van der Waals surface area contributed by atoms with Crippen molar-refractivity contribution in [3.05, 3.63) is 84.1 Å². The van der Waals surface area contributed by atoms with Gasteiger partial charge in [-0.2, -0.15) is 0 Å². The first-order valence-corrected chi connectivity index (χ1v) is 20.6. The Kier molecular flexibility index (Phi) is 15.6. The number of alkyl carbamates (subject to hydrolysis) is 1. The second-order valence-electron chi connectivity index (χ2n) is 18.3. The number of benzene rings is 3. The van der Waals surface area contributed by atoms with Gasteiger partial charge in [-0.05, 0) is 97.2 Å². The van der Waals surface area contributed by atoms with Gasteiger partial charge in [0.1, 0.15) is 34.9 Å². The molecular weight excluding hydrogens is 813 g/mol. The topological polar surface area (TPSA) is 224 Å². The van der Waals surface area contributed by atoms with Gasteiger partial charge in [0, 0.05) is 31.5 Å². The van der Waals surface area contributed by atoms with Crippen LogP contribution in [0.25, 0.3) is 21.7 Å². The Morgan fingerprint density at radius 2 is 1.32 bits per heavy atom. The van der Waals surface area contributed by atoms with Crippen LogP contribution in [-0.4, -0.2) is 111 Å². The number of carboxylic acids is 1. The van der Waals surface area contributed by atoms with Gasteiger partial charge >= 0.3 is 30.2 Å². The second kappa shape index (κ2) is 20.0. The number of nitrogens with zero attached hydrogens (tertiary/aromatic N) is 2. The molecule has 0 bridgehead atoms. The van der Waals surface area contributed by atoms with Crippen LogP contribution >= 0.6 is 0 Å². The molecule has 4 aromatic rings. The van der Waals surface area contributed by atoms with Crippen LogP contribution in [0.4, 0.5) is 14.4 Å². The Hall–Kier alpha value is -6.65. The first-order chi connectivity index (χ1) is 29.2. The average Bonchev–Trinajstić information content (AvgIpc) is 3.54. The SMILES string of the molecule is C[C@@H](C(NC(=O)CNC(=O)N[C@@H](Cc1cn(C(=O)OC(C)(C)C)c2ccccc12)C(=O)OC(C)(C)C)C(=O)O)N(C)C(=O)[C@H](Cc1ccc2ccccc2c1)NC(=O)OC(C)(C)C. The van der Waals surface area contributed by atoms with E-state index in [4.69, 9.17) is 14.2 Å². The van der Waals surface area contributed by atoms with E-state index in [0.717, 1.165) is 21.2 Å². The maximum absolute atomic E-state index is 14.0. The number of carboxylic acid groups (broad SMARTS) is 1. The van der Waals surface area contributed by atoms with Crippen molar-refractivity contribution in [2.75, 3.05) is 13.6 Å². The van der Waals surface area contributed by atoms with Crippen LogP contribution in [0.3, 0.4) is 0 Å². The molecule has 1 heterocycles. The molecular formula is C46H60N6O11. The van der Waals surface area contributed by atoms with Crippen molar-refractivity contribution >= 4 is 63.6 Å². The van der Waals surface area contributed by atoms with E-state index in [2.05, 4.69) is 21.3 Å². The van der Waals surface area contributed by atoms with Crippen LogP contribution in [-0.2, 0) is 46.2 Å². The highest BCUT2D eigenvalue weighted by molar-refractivity contribution is 5.94. The number of hydrogen-bond acceptors (Lipinski definition) is 10. The number of nitrogens with one attached hydrogen (secondary N) is 4. The lowest BCUT2D eigenvalue weighted by molar-refractivity contribution is -0.157. The summed E-state index contributed by atoms with van der Waals surface area (Å²) in [7, 11) is 1.35. The molecule has 0 radical (unpaired) electrons. The number of likely N-dealkylation sites (N-methyl/N-ethyl adjacent to an activating group) is 1. The van der Waals surface area contributed by atoms with Crippen molar-refractivity contribution in [3.63, 3.8) is 0 Å². The molecule has 0 saturated heterocycles. The Morgan fingerprint density at radius 3 is 1.94 bits per heavy atom. The standard InChI is InChI=1S/C46H60N6O11/c1-27(51(11)38(54)33(49-42(59)62-45(5,6)7)23-28-20-21-29-16-12-13-17-30(29)22-28)37(39(55)56)50-36(53)25-47-41(58)48-34(40(57)61-44(2,3)4)24-31-26-52(43(60)63-46(8,9)10)35-19-15-14-18-32(31)35/h12-22,26-27,33-34,37H,23-25H2,1-11H3,(H,49,59)(H,50,53)(H,55,56)(H2,47,48,58)/t27-,33-,34-,37?/m0/s1. The number of aromatic nitrogens is 1. The fourth-order valence-electron chi connectivity index (χ4n) is 6.57. The van der Waals surface area contributed by atoms with E-state index >= 15 is 0 Å². The summed E-state index contributed by atoms with van der Waals surface area (Å²) in [6, 6.07) is 14.0. The molecule has 0 spiro atoms. The molecule has 4 rings (SSSR count). The van der Waals surface area contributed by atoms with Gasteiger partial charge in [0.05, 0.1) is 18.1 Å². The molecule has 5 N–H and O–H groups in total. The van der Waals surface area contributed by atoms with E-state index in [0.29, 0.717) is 16.5 Å². The van der Waals surface area contributed by atoms with Crippen molar-refractivity contribution in [1.82, 2.24) is 30.7 Å². The van der Waals surface area contributed by atoms with Gasteiger partial charge in [-0.15, -0.1) is 0 Å². The first kappa shape index (κ1) is 49.0. The highest BCUT2D eigenvalue weighted by Crippen LogP contribution is 2.25. The monoisotopic (exact) mass is 872 g/mol. The third kappa shape index (κ3) is 14.5. The number of rotatable bonds is 14. The Balaban J connectivity index is 1.47. The summed E-state index contributed by atoms with van der Waals surface area (Å²) < 4.78 is 17.9. The number of amides is 5. The minimum atomic E-state index is -1.66. The number of esters is 1. The first-order valence-electron chi connectivity index (χ1n) is 20.6. The number of urea groups is 1. The van der Waals surface area contributed by atoms with Gasteiger partial charge < -0.3 is 45.5 Å². The summed E-state index contributed by atoms with van der Waals surface area (Å²) in [5, 5.41) is 22.6. The average molecular weight is 873 g/mol. The quantitative estimate of drug-likeness (QED) is 0.0766.